The second-order valence-electron chi connectivity index (χ2n) is 5.11. The number of phenols is 1. The van der Waals surface area contributed by atoms with Crippen LogP contribution in [-0.4, -0.2) is 23.8 Å². The number of hydrogen-bond acceptors (Lipinski definition) is 4. The van der Waals surface area contributed by atoms with E-state index in [1.807, 2.05) is 48.5 Å². The third kappa shape index (κ3) is 3.70. The van der Waals surface area contributed by atoms with E-state index in [0.717, 1.165) is 10.8 Å². The first-order chi connectivity index (χ1) is 11.7. The lowest BCUT2D eigenvalue weighted by Gasteiger charge is -2.06. The van der Waals surface area contributed by atoms with Crippen molar-refractivity contribution in [2.75, 3.05) is 6.61 Å². The zero-order chi connectivity index (χ0) is 16.8. The lowest BCUT2D eigenvalue weighted by atomic mass is 10.0. The van der Waals surface area contributed by atoms with Crippen molar-refractivity contribution >= 4 is 22.9 Å². The average molecular weight is 320 g/mol. The van der Waals surface area contributed by atoms with Crippen LogP contribution in [0.25, 0.3) is 10.8 Å². The summed E-state index contributed by atoms with van der Waals surface area (Å²) < 4.78 is 5.33. The zero-order valence-electron chi connectivity index (χ0n) is 12.8. The lowest BCUT2D eigenvalue weighted by Crippen LogP contribution is -2.24. The summed E-state index contributed by atoms with van der Waals surface area (Å²) in [5.74, 6) is 0.338. The van der Waals surface area contributed by atoms with Crippen LogP contribution in [-0.2, 0) is 4.79 Å². The fourth-order valence-electron chi connectivity index (χ4n) is 2.29. The van der Waals surface area contributed by atoms with Crippen molar-refractivity contribution in [3.63, 3.8) is 0 Å². The average Bonchev–Trinajstić information content (AvgIpc) is 2.63. The monoisotopic (exact) mass is 320 g/mol. The summed E-state index contributed by atoms with van der Waals surface area (Å²) in [5, 5.41) is 15.7. The van der Waals surface area contributed by atoms with E-state index in [-0.39, 0.29) is 18.3 Å². The molecule has 1 amide bonds. The molecule has 3 aromatic carbocycles. The van der Waals surface area contributed by atoms with Crippen LogP contribution >= 0.6 is 0 Å². The number of phenolic OH excluding ortho intramolecular Hbond substituents is 1. The number of amides is 1. The van der Waals surface area contributed by atoms with Gasteiger partial charge in [0.25, 0.3) is 5.91 Å². The highest BCUT2D eigenvalue weighted by Gasteiger charge is 2.05. The van der Waals surface area contributed by atoms with E-state index in [4.69, 9.17) is 4.74 Å². The molecular weight excluding hydrogens is 304 g/mol. The summed E-state index contributed by atoms with van der Waals surface area (Å²) in [6.07, 6.45) is 1.43. The number of ether oxygens (including phenoxy) is 1. The van der Waals surface area contributed by atoms with Crippen LogP contribution in [0.2, 0.25) is 0 Å². The molecule has 0 heterocycles. The molecule has 0 aliphatic rings. The first-order valence-electron chi connectivity index (χ1n) is 7.44. The van der Waals surface area contributed by atoms with Gasteiger partial charge >= 0.3 is 0 Å². The summed E-state index contributed by atoms with van der Waals surface area (Å²) in [6, 6.07) is 20.1. The van der Waals surface area contributed by atoms with E-state index in [1.165, 1.54) is 6.21 Å². The number of nitrogens with zero attached hydrogens (tertiary/aromatic N) is 1. The second kappa shape index (κ2) is 7.28. The fraction of sp³-hybridized carbons (Fsp3) is 0.0526. The number of rotatable bonds is 5. The van der Waals surface area contributed by atoms with Crippen LogP contribution in [0.1, 0.15) is 5.56 Å². The molecule has 24 heavy (non-hydrogen) atoms. The molecule has 5 nitrogen and oxygen atoms in total. The molecule has 0 aromatic heterocycles. The van der Waals surface area contributed by atoms with Crippen molar-refractivity contribution in [2.24, 2.45) is 5.10 Å². The fourth-order valence-corrected chi connectivity index (χ4v) is 2.29. The maximum atomic E-state index is 11.7. The summed E-state index contributed by atoms with van der Waals surface area (Å²) >= 11 is 0. The maximum absolute atomic E-state index is 11.7. The van der Waals surface area contributed by atoms with Crippen molar-refractivity contribution in [1.29, 1.82) is 0 Å². The van der Waals surface area contributed by atoms with Crippen LogP contribution in [0.15, 0.2) is 71.8 Å². The Morgan fingerprint density at radius 3 is 2.62 bits per heavy atom. The highest BCUT2D eigenvalue weighted by molar-refractivity contribution is 6.02. The van der Waals surface area contributed by atoms with E-state index < -0.39 is 0 Å². The SMILES string of the molecule is O=C(COc1ccccc1)N/N=C\c1c(O)ccc2ccccc12. The molecule has 3 rings (SSSR count). The van der Waals surface area contributed by atoms with Gasteiger partial charge in [0.2, 0.25) is 0 Å². The molecule has 5 heteroatoms. The van der Waals surface area contributed by atoms with Gasteiger partial charge in [-0.15, -0.1) is 0 Å². The molecule has 0 unspecified atom stereocenters. The molecule has 0 radical (unpaired) electrons. The number of fused-ring (bicyclic) bond motifs is 1. The minimum absolute atomic E-state index is 0.104. The van der Waals surface area contributed by atoms with Gasteiger partial charge < -0.3 is 9.84 Å². The van der Waals surface area contributed by atoms with Crippen molar-refractivity contribution in [1.82, 2.24) is 5.43 Å². The van der Waals surface area contributed by atoms with Crippen molar-refractivity contribution in [3.05, 3.63) is 72.3 Å². The molecule has 3 aromatic rings. The zero-order valence-corrected chi connectivity index (χ0v) is 12.8. The highest BCUT2D eigenvalue weighted by atomic mass is 16.5. The van der Waals surface area contributed by atoms with Crippen LogP contribution in [0.5, 0.6) is 11.5 Å². The molecule has 0 atom stereocenters. The second-order valence-corrected chi connectivity index (χ2v) is 5.11. The number of aromatic hydroxyl groups is 1. The largest absolute Gasteiger partial charge is 0.507 e. The smallest absolute Gasteiger partial charge is 0.277 e. The third-order valence-electron chi connectivity index (χ3n) is 3.44. The first-order valence-corrected chi connectivity index (χ1v) is 7.44. The summed E-state index contributed by atoms with van der Waals surface area (Å²) in [5.41, 5.74) is 2.94. The quantitative estimate of drug-likeness (QED) is 0.560. The molecule has 0 aliphatic heterocycles. The van der Waals surface area contributed by atoms with Crippen LogP contribution in [0, 0.1) is 0 Å². The third-order valence-corrected chi connectivity index (χ3v) is 3.44. The van der Waals surface area contributed by atoms with E-state index >= 15 is 0 Å². The Hall–Kier alpha value is -3.34. The van der Waals surface area contributed by atoms with Crippen molar-refractivity contribution < 1.29 is 14.6 Å². The number of para-hydroxylation sites is 1. The van der Waals surface area contributed by atoms with E-state index in [2.05, 4.69) is 10.5 Å². The van der Waals surface area contributed by atoms with E-state index in [1.54, 1.807) is 18.2 Å². The molecule has 0 bridgehead atoms. The Kier molecular flexibility index (Phi) is 4.72. The number of benzene rings is 3. The Balaban J connectivity index is 1.64. The van der Waals surface area contributed by atoms with E-state index in [0.29, 0.717) is 11.3 Å². The van der Waals surface area contributed by atoms with Crippen LogP contribution in [0.3, 0.4) is 0 Å². The normalized spacial score (nSPS) is 10.8. The van der Waals surface area contributed by atoms with Crippen LogP contribution < -0.4 is 10.2 Å². The lowest BCUT2D eigenvalue weighted by molar-refractivity contribution is -0.123. The minimum atomic E-state index is -0.380. The van der Waals surface area contributed by atoms with Gasteiger partial charge in [0.05, 0.1) is 6.21 Å². The van der Waals surface area contributed by atoms with Gasteiger partial charge in [0.15, 0.2) is 6.61 Å². The summed E-state index contributed by atoms with van der Waals surface area (Å²) in [4.78, 5) is 11.7. The van der Waals surface area contributed by atoms with Crippen molar-refractivity contribution in [3.8, 4) is 11.5 Å². The molecular formula is C19H16N2O3. The highest BCUT2D eigenvalue weighted by Crippen LogP contribution is 2.25. The predicted molar refractivity (Wildman–Crippen MR) is 93.3 cm³/mol. The van der Waals surface area contributed by atoms with Gasteiger partial charge in [-0.2, -0.15) is 5.10 Å². The number of hydrogen-bond donors (Lipinski definition) is 2. The Bertz CT molecular complexity index is 876. The van der Waals surface area contributed by atoms with Gasteiger partial charge in [-0.3, -0.25) is 4.79 Å². The Labute approximate surface area is 139 Å². The minimum Gasteiger partial charge on any atom is -0.507 e. The molecule has 2 N–H and O–H groups in total. The number of carbonyl (C=O) groups is 1. The molecule has 0 spiro atoms. The predicted octanol–water partition coefficient (Wildman–Crippen LogP) is 3.07. The molecule has 0 aliphatic carbocycles. The van der Waals surface area contributed by atoms with Crippen LogP contribution in [0.4, 0.5) is 0 Å². The standard InChI is InChI=1S/C19H16N2O3/c22-18-11-10-14-6-4-5-9-16(14)17(18)12-20-21-19(23)13-24-15-7-2-1-3-8-15/h1-12,22H,13H2,(H,21,23)/b20-12-. The van der Waals surface area contributed by atoms with E-state index in [9.17, 15) is 9.90 Å². The molecule has 0 saturated heterocycles. The topological polar surface area (TPSA) is 70.9 Å². The van der Waals surface area contributed by atoms with Gasteiger partial charge in [-0.25, -0.2) is 5.43 Å². The number of hydrazone groups is 1. The van der Waals surface area contributed by atoms with Gasteiger partial charge in [-0.1, -0.05) is 48.5 Å². The Morgan fingerprint density at radius 1 is 1.04 bits per heavy atom. The first kappa shape index (κ1) is 15.6. The molecule has 0 fully saturated rings. The molecule has 120 valence electrons. The number of carbonyl (C=O) groups excluding carboxylic acids is 1. The summed E-state index contributed by atoms with van der Waals surface area (Å²) in [7, 11) is 0. The van der Waals surface area contributed by atoms with Gasteiger partial charge in [-0.05, 0) is 29.0 Å². The molecule has 0 saturated carbocycles. The summed E-state index contributed by atoms with van der Waals surface area (Å²) in [6.45, 7) is -0.136. The van der Waals surface area contributed by atoms with Gasteiger partial charge in [0.1, 0.15) is 11.5 Å². The maximum Gasteiger partial charge on any atom is 0.277 e. The Morgan fingerprint density at radius 2 is 1.79 bits per heavy atom. The van der Waals surface area contributed by atoms with Gasteiger partial charge in [0, 0.05) is 5.56 Å². The van der Waals surface area contributed by atoms with Crippen molar-refractivity contribution in [2.45, 2.75) is 0 Å². The number of nitrogens with one attached hydrogen (secondary N) is 1.